The fraction of sp³-hybridized carbons (Fsp3) is 0. The van der Waals surface area contributed by atoms with Crippen molar-refractivity contribution in [2.45, 2.75) is 0 Å². The molecule has 3 rings (SSSR count). The van der Waals surface area contributed by atoms with Gasteiger partial charge in [0.1, 0.15) is 0 Å². The van der Waals surface area contributed by atoms with Gasteiger partial charge in [-0.1, -0.05) is 48.5 Å². The van der Waals surface area contributed by atoms with Crippen LogP contribution in [0.3, 0.4) is 0 Å². The van der Waals surface area contributed by atoms with E-state index in [0.29, 0.717) is 32.4 Å². The number of fused-ring (bicyclic) bond motifs is 2. The highest BCUT2D eigenvalue weighted by Crippen LogP contribution is 2.26. The van der Waals surface area contributed by atoms with Crippen molar-refractivity contribution < 1.29 is 9.59 Å². The summed E-state index contributed by atoms with van der Waals surface area (Å²) in [6, 6.07) is 13.9. The maximum Gasteiger partial charge on any atom is 0.194 e. The number of carbonyl (C=O) groups is 2. The summed E-state index contributed by atoms with van der Waals surface area (Å²) in [5.41, 5.74) is 2.02. The van der Waals surface area contributed by atoms with Gasteiger partial charge < -0.3 is 0 Å². The first-order chi connectivity index (χ1) is 9.20. The number of ketones is 2. The van der Waals surface area contributed by atoms with Gasteiger partial charge in [0.25, 0.3) is 0 Å². The van der Waals surface area contributed by atoms with Gasteiger partial charge in [-0.25, -0.2) is 0 Å². The Hall–Kier alpha value is -1.29. The van der Waals surface area contributed by atoms with E-state index in [1.165, 1.54) is 0 Å². The summed E-state index contributed by atoms with van der Waals surface area (Å²) >= 11 is 0. The second-order valence-electron chi connectivity index (χ2n) is 3.81. The Morgan fingerprint density at radius 1 is 0.632 bits per heavy atom. The zero-order valence-corrected chi connectivity index (χ0v) is 11.9. The normalized spacial score (nSPS) is 12.1. The van der Waals surface area contributed by atoms with Crippen LogP contribution in [0, 0.1) is 0 Å². The molecule has 0 unspecified atom stereocenters. The molecule has 0 bridgehead atoms. The van der Waals surface area contributed by atoms with Crippen molar-refractivity contribution >= 4 is 43.1 Å². The molecular weight excluding hydrogens is 303 g/mol. The minimum atomic E-state index is -0.0641. The van der Waals surface area contributed by atoms with Crippen LogP contribution < -0.4 is 0 Å². The van der Waals surface area contributed by atoms with E-state index in [1.54, 1.807) is 48.5 Å². The first-order valence-corrected chi connectivity index (χ1v) is 7.84. The molecule has 0 saturated carbocycles. The Kier molecular flexibility index (Phi) is 4.64. The average Bonchev–Trinajstić information content (AvgIpc) is 2.46. The molecule has 1 aliphatic carbocycles. The molecule has 2 aromatic carbocycles. The number of carbonyl (C=O) groups excluding carboxylic acids is 2. The fourth-order valence-corrected chi connectivity index (χ4v) is 2.05. The number of hydrogen-bond donors (Lipinski definition) is 0. The lowest BCUT2D eigenvalue weighted by molar-refractivity contribution is 0.0979. The molecule has 19 heavy (non-hydrogen) atoms. The molecule has 0 spiro atoms. The molecule has 0 saturated heterocycles. The van der Waals surface area contributed by atoms with Crippen molar-refractivity contribution in [3.8, 4) is 0 Å². The van der Waals surface area contributed by atoms with Gasteiger partial charge in [0.05, 0.1) is 10.2 Å². The average molecular weight is 311 g/mol. The minimum absolute atomic E-state index is 0.0641. The summed E-state index contributed by atoms with van der Waals surface area (Å²) in [6.07, 6.45) is 0. The smallest absolute Gasteiger partial charge is 0.194 e. The van der Waals surface area contributed by atoms with E-state index in [4.69, 9.17) is 0 Å². The topological polar surface area (TPSA) is 34.1 Å². The summed E-state index contributed by atoms with van der Waals surface area (Å²) < 4.78 is 0. The van der Waals surface area contributed by atoms with Crippen LogP contribution in [-0.2, 0) is 0 Å². The van der Waals surface area contributed by atoms with Crippen molar-refractivity contribution in [1.29, 1.82) is 0 Å². The molecule has 0 heterocycles. The third kappa shape index (κ3) is 2.68. The largest absolute Gasteiger partial charge is 0.289 e. The Balaban J connectivity index is 0.000000408. The highest BCUT2D eigenvalue weighted by Gasteiger charge is 2.28. The summed E-state index contributed by atoms with van der Waals surface area (Å²) in [4.78, 5) is 24.2. The lowest BCUT2D eigenvalue weighted by Crippen LogP contribution is -2.20. The summed E-state index contributed by atoms with van der Waals surface area (Å²) in [7, 11) is 10.1. The van der Waals surface area contributed by atoms with Gasteiger partial charge >= 0.3 is 0 Å². The van der Waals surface area contributed by atoms with Crippen LogP contribution in [0.5, 0.6) is 0 Å². The monoisotopic (exact) mass is 310 g/mol. The zero-order chi connectivity index (χ0) is 13.8. The lowest BCUT2D eigenvalue weighted by atomic mass is 9.84. The van der Waals surface area contributed by atoms with E-state index in [2.05, 4.69) is 21.4 Å². The molecule has 0 aromatic heterocycles. The Morgan fingerprint density at radius 3 is 1.05 bits per heavy atom. The maximum atomic E-state index is 12.1. The van der Waals surface area contributed by atoms with Gasteiger partial charge in [-0.3, -0.25) is 9.59 Å². The van der Waals surface area contributed by atoms with Crippen molar-refractivity contribution in [3.63, 3.8) is 0 Å². The van der Waals surface area contributed by atoms with E-state index in [-0.39, 0.29) is 11.6 Å². The number of rotatable bonds is 0. The van der Waals surface area contributed by atoms with Crippen LogP contribution in [0.1, 0.15) is 31.8 Å². The number of hydrogen-bond acceptors (Lipinski definition) is 3. The minimum Gasteiger partial charge on any atom is -0.289 e. The SMILES string of the molecule is ClSCl.O=C1c2ccccc2C(=O)c2ccccc21. The molecule has 1 aliphatic rings. The van der Waals surface area contributed by atoms with E-state index in [1.807, 2.05) is 0 Å². The van der Waals surface area contributed by atoms with E-state index < -0.39 is 0 Å². The maximum absolute atomic E-state index is 12.1. The third-order valence-corrected chi connectivity index (χ3v) is 2.83. The van der Waals surface area contributed by atoms with Gasteiger partial charge in [0.2, 0.25) is 0 Å². The van der Waals surface area contributed by atoms with Crippen LogP contribution in [0.15, 0.2) is 48.5 Å². The van der Waals surface area contributed by atoms with Gasteiger partial charge in [-0.2, -0.15) is 0 Å². The predicted molar refractivity (Wildman–Crippen MR) is 79.0 cm³/mol. The van der Waals surface area contributed by atoms with Crippen molar-refractivity contribution in [2.75, 3.05) is 0 Å². The highest BCUT2D eigenvalue weighted by atomic mass is 36.0. The summed E-state index contributed by atoms with van der Waals surface area (Å²) in [5, 5.41) is 0. The number of halogens is 2. The summed E-state index contributed by atoms with van der Waals surface area (Å²) in [5.74, 6) is -0.128. The Labute approximate surface area is 123 Å². The quantitative estimate of drug-likeness (QED) is 0.613. The predicted octanol–water partition coefficient (Wildman–Crippen LogP) is 4.49. The zero-order valence-electron chi connectivity index (χ0n) is 9.60. The van der Waals surface area contributed by atoms with E-state index in [9.17, 15) is 9.59 Å². The molecule has 2 aromatic rings. The molecule has 0 atom stereocenters. The molecule has 0 amide bonds. The molecule has 96 valence electrons. The molecule has 0 fully saturated rings. The third-order valence-electron chi connectivity index (χ3n) is 2.83. The van der Waals surface area contributed by atoms with Crippen molar-refractivity contribution in [3.05, 3.63) is 70.8 Å². The first kappa shape index (κ1) is 14.1. The lowest BCUT2D eigenvalue weighted by Gasteiger charge is -2.16. The van der Waals surface area contributed by atoms with Crippen LogP contribution in [-0.4, -0.2) is 11.6 Å². The van der Waals surface area contributed by atoms with Crippen LogP contribution in [0.4, 0.5) is 0 Å². The van der Waals surface area contributed by atoms with Gasteiger partial charge in [-0.05, 0) is 21.4 Å². The fourth-order valence-electron chi connectivity index (χ4n) is 2.05. The molecule has 0 aliphatic heterocycles. The highest BCUT2D eigenvalue weighted by molar-refractivity contribution is 8.38. The molecular formula is C14H8Cl2O2S. The number of benzene rings is 2. The standard InChI is InChI=1S/C14H8O2.Cl2S/c15-13-9-5-1-2-6-10(9)14(16)12-8-4-3-7-11(12)13;1-3-2/h1-8H;. The van der Waals surface area contributed by atoms with Crippen molar-refractivity contribution in [2.24, 2.45) is 0 Å². The van der Waals surface area contributed by atoms with E-state index >= 15 is 0 Å². The second kappa shape index (κ2) is 6.24. The van der Waals surface area contributed by atoms with Gasteiger partial charge in [0.15, 0.2) is 11.6 Å². The van der Waals surface area contributed by atoms with E-state index in [0.717, 1.165) is 0 Å². The molecule has 0 N–H and O–H groups in total. The van der Waals surface area contributed by atoms with Crippen LogP contribution in [0.25, 0.3) is 0 Å². The molecule has 5 heteroatoms. The van der Waals surface area contributed by atoms with Crippen molar-refractivity contribution in [1.82, 2.24) is 0 Å². The van der Waals surface area contributed by atoms with Gasteiger partial charge in [0, 0.05) is 22.3 Å². The Bertz CT molecular complexity index is 535. The first-order valence-electron chi connectivity index (χ1n) is 5.37. The molecule has 0 radical (unpaired) electrons. The molecule has 2 nitrogen and oxygen atoms in total. The second-order valence-corrected chi connectivity index (χ2v) is 5.32. The Morgan fingerprint density at radius 2 is 0.842 bits per heavy atom. The van der Waals surface area contributed by atoms with Gasteiger partial charge in [-0.15, -0.1) is 0 Å². The van der Waals surface area contributed by atoms with Crippen LogP contribution >= 0.6 is 31.6 Å². The van der Waals surface area contributed by atoms with Crippen LogP contribution in [0.2, 0.25) is 0 Å². The summed E-state index contributed by atoms with van der Waals surface area (Å²) in [6.45, 7) is 0.